The molecule has 0 atom stereocenters. The summed E-state index contributed by atoms with van der Waals surface area (Å²) in [5, 5.41) is 4.53. The molecule has 0 spiro atoms. The minimum atomic E-state index is 0. The van der Waals surface area contributed by atoms with Gasteiger partial charge >= 0.3 is 0 Å². The smallest absolute Gasteiger partial charge is 0.135 e. The molecule has 22 heavy (non-hydrogen) atoms. The van der Waals surface area contributed by atoms with Crippen LogP contribution in [0.1, 0.15) is 19.1 Å². The highest BCUT2D eigenvalue weighted by atomic mass is 35.5. The molecule has 1 aromatic heterocycles. The number of hydrogen-bond acceptors (Lipinski definition) is 3. The molecule has 0 amide bonds. The van der Waals surface area contributed by atoms with Gasteiger partial charge in [0.15, 0.2) is 0 Å². The number of nitrogens with one attached hydrogen (secondary N) is 1. The molecule has 0 aliphatic carbocycles. The van der Waals surface area contributed by atoms with Gasteiger partial charge in [-0.1, -0.05) is 23.2 Å². The van der Waals surface area contributed by atoms with E-state index in [1.807, 2.05) is 25.1 Å². The van der Waals surface area contributed by atoms with E-state index in [1.54, 1.807) is 12.1 Å². The van der Waals surface area contributed by atoms with E-state index < -0.39 is 0 Å². The molecule has 6 heteroatoms. The molecule has 0 bridgehead atoms. The van der Waals surface area contributed by atoms with Crippen LogP contribution in [0.4, 0.5) is 0 Å². The summed E-state index contributed by atoms with van der Waals surface area (Å²) < 4.78 is 11.1. The van der Waals surface area contributed by atoms with Gasteiger partial charge in [-0.25, -0.2) is 0 Å². The van der Waals surface area contributed by atoms with Crippen molar-refractivity contribution in [3.63, 3.8) is 0 Å². The fraction of sp³-hybridized carbons (Fsp3) is 0.375. The molecule has 0 unspecified atom stereocenters. The maximum atomic E-state index is 6.17. The van der Waals surface area contributed by atoms with Crippen LogP contribution >= 0.6 is 35.6 Å². The topological polar surface area (TPSA) is 34.4 Å². The second-order valence-corrected chi connectivity index (χ2v) is 5.46. The fourth-order valence-corrected chi connectivity index (χ4v) is 2.46. The number of hydrogen-bond donors (Lipinski definition) is 1. The lowest BCUT2D eigenvalue weighted by Gasteiger charge is -2.04. The van der Waals surface area contributed by atoms with Crippen molar-refractivity contribution in [1.29, 1.82) is 0 Å². The van der Waals surface area contributed by atoms with E-state index >= 15 is 0 Å². The van der Waals surface area contributed by atoms with Crippen molar-refractivity contribution < 1.29 is 9.15 Å². The Balaban J connectivity index is 0.00000242. The third-order valence-corrected chi connectivity index (χ3v) is 3.55. The van der Waals surface area contributed by atoms with Gasteiger partial charge in [0.05, 0.1) is 11.6 Å². The normalized spacial score (nSPS) is 10.5. The van der Waals surface area contributed by atoms with E-state index in [0.717, 1.165) is 43.3 Å². The van der Waals surface area contributed by atoms with Gasteiger partial charge in [0.25, 0.3) is 0 Å². The Morgan fingerprint density at radius 1 is 1.18 bits per heavy atom. The van der Waals surface area contributed by atoms with Crippen LogP contribution in [0, 0.1) is 0 Å². The Morgan fingerprint density at radius 2 is 2.00 bits per heavy atom. The number of ether oxygens (including phenoxy) is 1. The Morgan fingerprint density at radius 3 is 2.73 bits per heavy atom. The molecule has 0 saturated heterocycles. The van der Waals surface area contributed by atoms with Gasteiger partial charge in [-0.3, -0.25) is 0 Å². The predicted molar refractivity (Wildman–Crippen MR) is 94.2 cm³/mol. The zero-order valence-electron chi connectivity index (χ0n) is 12.4. The highest BCUT2D eigenvalue weighted by Crippen LogP contribution is 2.31. The second-order valence-electron chi connectivity index (χ2n) is 4.62. The van der Waals surface area contributed by atoms with E-state index in [1.165, 1.54) is 0 Å². The van der Waals surface area contributed by atoms with E-state index in [2.05, 4.69) is 5.32 Å². The predicted octanol–water partition coefficient (Wildman–Crippen LogP) is 5.19. The third kappa shape index (κ3) is 5.82. The van der Waals surface area contributed by atoms with Crippen LogP contribution in [0.3, 0.4) is 0 Å². The summed E-state index contributed by atoms with van der Waals surface area (Å²) in [6.07, 6.45) is 0.990. The number of rotatable bonds is 8. The zero-order chi connectivity index (χ0) is 15.1. The summed E-state index contributed by atoms with van der Waals surface area (Å²) in [6, 6.07) is 9.26. The lowest BCUT2D eigenvalue weighted by Crippen LogP contribution is -2.15. The molecule has 0 saturated carbocycles. The van der Waals surface area contributed by atoms with Gasteiger partial charge in [-0.15, -0.1) is 12.4 Å². The molecule has 0 aliphatic rings. The Labute approximate surface area is 147 Å². The van der Waals surface area contributed by atoms with Crippen LogP contribution in [0.2, 0.25) is 10.0 Å². The minimum Gasteiger partial charge on any atom is -0.460 e. The molecular weight excluding hydrogens is 345 g/mol. The van der Waals surface area contributed by atoms with Gasteiger partial charge in [-0.2, -0.15) is 0 Å². The van der Waals surface area contributed by atoms with E-state index in [4.69, 9.17) is 32.4 Å². The van der Waals surface area contributed by atoms with Crippen LogP contribution in [0.15, 0.2) is 34.7 Å². The van der Waals surface area contributed by atoms with Crippen LogP contribution in [0.25, 0.3) is 11.3 Å². The van der Waals surface area contributed by atoms with Crippen molar-refractivity contribution in [2.45, 2.75) is 19.9 Å². The van der Waals surface area contributed by atoms with Gasteiger partial charge in [0, 0.05) is 23.8 Å². The van der Waals surface area contributed by atoms with Crippen LogP contribution in [-0.2, 0) is 11.3 Å². The van der Waals surface area contributed by atoms with Crippen molar-refractivity contribution >= 4 is 35.6 Å². The third-order valence-electron chi connectivity index (χ3n) is 3.00. The summed E-state index contributed by atoms with van der Waals surface area (Å²) in [5.74, 6) is 1.63. The maximum Gasteiger partial charge on any atom is 0.135 e. The van der Waals surface area contributed by atoms with E-state index in [9.17, 15) is 0 Å². The maximum absolute atomic E-state index is 6.17. The van der Waals surface area contributed by atoms with Gasteiger partial charge < -0.3 is 14.5 Å². The largest absolute Gasteiger partial charge is 0.460 e. The van der Waals surface area contributed by atoms with Crippen molar-refractivity contribution in [2.24, 2.45) is 0 Å². The molecule has 2 aromatic rings. The molecule has 1 N–H and O–H groups in total. The van der Waals surface area contributed by atoms with E-state index in [0.29, 0.717) is 16.6 Å². The molecular formula is C16H20Cl3NO2. The average molecular weight is 365 g/mol. The van der Waals surface area contributed by atoms with Crippen molar-refractivity contribution in [3.8, 4) is 11.3 Å². The molecule has 0 fully saturated rings. The summed E-state index contributed by atoms with van der Waals surface area (Å²) in [5.41, 5.74) is 0.851. The first kappa shape index (κ1) is 19.3. The Kier molecular flexibility index (Phi) is 8.91. The molecule has 3 nitrogen and oxygen atoms in total. The average Bonchev–Trinajstić information content (AvgIpc) is 2.91. The molecule has 1 aromatic carbocycles. The Bertz CT molecular complexity index is 572. The fourth-order valence-electron chi connectivity index (χ4n) is 1.96. The molecule has 0 radical (unpaired) electrons. The number of benzene rings is 1. The first-order chi connectivity index (χ1) is 10.2. The molecule has 2 rings (SSSR count). The van der Waals surface area contributed by atoms with Crippen LogP contribution in [-0.4, -0.2) is 19.8 Å². The highest BCUT2D eigenvalue weighted by Gasteiger charge is 2.09. The summed E-state index contributed by atoms with van der Waals surface area (Å²) in [4.78, 5) is 0. The minimum absolute atomic E-state index is 0. The second kappa shape index (κ2) is 10.1. The van der Waals surface area contributed by atoms with Crippen molar-refractivity contribution in [2.75, 3.05) is 19.8 Å². The first-order valence-corrected chi connectivity index (χ1v) is 7.79. The summed E-state index contributed by atoms with van der Waals surface area (Å²) in [7, 11) is 0. The number of halogens is 3. The SMILES string of the molecule is CCOCCCNCc1ccc(-c2ccc(Cl)cc2Cl)o1.Cl. The van der Waals surface area contributed by atoms with Gasteiger partial charge in [0.2, 0.25) is 0 Å². The first-order valence-electron chi connectivity index (χ1n) is 7.03. The molecule has 122 valence electrons. The van der Waals surface area contributed by atoms with Crippen molar-refractivity contribution in [1.82, 2.24) is 5.32 Å². The van der Waals surface area contributed by atoms with Crippen molar-refractivity contribution in [3.05, 3.63) is 46.1 Å². The van der Waals surface area contributed by atoms with Gasteiger partial charge in [0.1, 0.15) is 11.5 Å². The highest BCUT2D eigenvalue weighted by molar-refractivity contribution is 6.36. The van der Waals surface area contributed by atoms with Gasteiger partial charge in [-0.05, 0) is 50.2 Å². The lowest BCUT2D eigenvalue weighted by molar-refractivity contribution is 0.144. The lowest BCUT2D eigenvalue weighted by atomic mass is 10.2. The molecule has 1 heterocycles. The molecule has 0 aliphatic heterocycles. The van der Waals surface area contributed by atoms with E-state index in [-0.39, 0.29) is 12.4 Å². The van der Waals surface area contributed by atoms with Crippen LogP contribution < -0.4 is 5.32 Å². The number of furan rings is 1. The summed E-state index contributed by atoms with van der Waals surface area (Å²) in [6.45, 7) is 5.14. The quantitative estimate of drug-likeness (QED) is 0.654. The standard InChI is InChI=1S/C16H19Cl2NO2.ClH/c1-2-20-9-3-8-19-11-13-5-7-16(21-13)14-6-4-12(17)10-15(14)18;/h4-7,10,19H,2-3,8-9,11H2,1H3;1H. The zero-order valence-corrected chi connectivity index (χ0v) is 14.7. The summed E-state index contributed by atoms with van der Waals surface area (Å²) >= 11 is 12.1. The van der Waals surface area contributed by atoms with Crippen LogP contribution in [0.5, 0.6) is 0 Å². The monoisotopic (exact) mass is 363 g/mol. The Hall–Kier alpha value is -0.710.